The Balaban J connectivity index is 1.33. The molecule has 0 saturated heterocycles. The molecule has 0 aliphatic rings. The van der Waals surface area contributed by atoms with E-state index in [2.05, 4.69) is 43.8 Å². The van der Waals surface area contributed by atoms with Crippen molar-refractivity contribution in [1.82, 2.24) is 29.5 Å². The van der Waals surface area contributed by atoms with Crippen molar-refractivity contribution in [2.45, 2.75) is 13.3 Å². The quantitative estimate of drug-likeness (QED) is 0.462. The number of aromatic nitrogens is 6. The Morgan fingerprint density at radius 2 is 1.94 bits per heavy atom. The molecule has 3 heterocycles. The molecule has 0 saturated carbocycles. The Hall–Kier alpha value is -4.20. The van der Waals surface area contributed by atoms with E-state index in [0.29, 0.717) is 5.82 Å². The van der Waals surface area contributed by atoms with Gasteiger partial charge in [-0.05, 0) is 42.3 Å². The number of benzene rings is 2. The van der Waals surface area contributed by atoms with Gasteiger partial charge in [0, 0.05) is 36.3 Å². The highest BCUT2D eigenvalue weighted by molar-refractivity contribution is 5.91. The summed E-state index contributed by atoms with van der Waals surface area (Å²) < 4.78 is 3.83. The molecule has 31 heavy (non-hydrogen) atoms. The lowest BCUT2D eigenvalue weighted by molar-refractivity contribution is -0.115. The third kappa shape index (κ3) is 3.83. The van der Waals surface area contributed by atoms with Crippen LogP contribution in [0, 0.1) is 6.92 Å². The molecule has 0 bridgehead atoms. The number of nitrogens with one attached hydrogen (secondary N) is 2. The maximum atomic E-state index is 12.2. The Labute approximate surface area is 178 Å². The lowest BCUT2D eigenvalue weighted by Crippen LogP contribution is -2.14. The zero-order valence-corrected chi connectivity index (χ0v) is 17.2. The maximum Gasteiger partial charge on any atom is 0.229 e. The molecule has 2 aromatic carbocycles. The highest BCUT2D eigenvalue weighted by Gasteiger charge is 2.10. The Morgan fingerprint density at radius 1 is 1.10 bits per heavy atom. The standard InChI is InChI=1S/C23H21N7O/c1-15-9-22(28-27-15)26-23(31)10-16-3-6-19(7-4-16)30-14-24-20-11-17(5-8-21(20)30)18-12-25-29(2)13-18/h3-9,11-14H,10H2,1-2H3,(H2,26,27,28,31). The minimum absolute atomic E-state index is 0.102. The summed E-state index contributed by atoms with van der Waals surface area (Å²) in [7, 11) is 1.90. The SMILES string of the molecule is Cc1cc(NC(=O)Cc2ccc(-n3cnc4cc(-c5cnn(C)c5)ccc43)cc2)n[nH]1. The number of anilines is 1. The van der Waals surface area contributed by atoms with Gasteiger partial charge in [0.05, 0.1) is 23.7 Å². The van der Waals surface area contributed by atoms with Crippen molar-refractivity contribution in [2.75, 3.05) is 5.32 Å². The topological polar surface area (TPSA) is 93.4 Å². The Bertz CT molecular complexity index is 1370. The molecule has 3 aromatic heterocycles. The summed E-state index contributed by atoms with van der Waals surface area (Å²) in [4.78, 5) is 16.8. The number of rotatable bonds is 5. The van der Waals surface area contributed by atoms with Crippen molar-refractivity contribution >= 4 is 22.8 Å². The summed E-state index contributed by atoms with van der Waals surface area (Å²) >= 11 is 0. The van der Waals surface area contributed by atoms with Gasteiger partial charge in [0.1, 0.15) is 6.33 Å². The predicted octanol–water partition coefficient (Wildman–Crippen LogP) is 3.64. The molecular weight excluding hydrogens is 390 g/mol. The molecule has 0 spiro atoms. The van der Waals surface area contributed by atoms with Gasteiger partial charge in [-0.3, -0.25) is 19.1 Å². The first kappa shape index (κ1) is 18.8. The summed E-state index contributed by atoms with van der Waals surface area (Å²) in [5, 5.41) is 13.9. The zero-order valence-electron chi connectivity index (χ0n) is 17.2. The number of aromatic amines is 1. The molecule has 0 aliphatic carbocycles. The smallest absolute Gasteiger partial charge is 0.229 e. The molecule has 0 atom stereocenters. The number of imidazole rings is 1. The Kier molecular flexibility index (Phi) is 4.59. The molecule has 5 aromatic rings. The van der Waals surface area contributed by atoms with Crippen LogP contribution in [0.25, 0.3) is 27.8 Å². The minimum Gasteiger partial charge on any atom is -0.309 e. The van der Waals surface area contributed by atoms with Crippen molar-refractivity contribution in [3.8, 4) is 16.8 Å². The second kappa shape index (κ2) is 7.56. The van der Waals surface area contributed by atoms with Crippen molar-refractivity contribution in [1.29, 1.82) is 0 Å². The van der Waals surface area contributed by atoms with Crippen molar-refractivity contribution in [3.05, 3.63) is 78.5 Å². The highest BCUT2D eigenvalue weighted by Crippen LogP contribution is 2.25. The average Bonchev–Trinajstić information content (AvgIpc) is 3.48. The Morgan fingerprint density at radius 3 is 2.65 bits per heavy atom. The second-order valence-electron chi connectivity index (χ2n) is 7.55. The minimum atomic E-state index is -0.102. The average molecular weight is 411 g/mol. The van der Waals surface area contributed by atoms with Crippen LogP contribution in [-0.2, 0) is 18.3 Å². The molecule has 0 radical (unpaired) electrons. The third-order valence-corrected chi connectivity index (χ3v) is 5.14. The van der Waals surface area contributed by atoms with Gasteiger partial charge >= 0.3 is 0 Å². The maximum absolute atomic E-state index is 12.2. The first-order valence-electron chi connectivity index (χ1n) is 9.92. The van der Waals surface area contributed by atoms with Gasteiger partial charge in [-0.1, -0.05) is 18.2 Å². The van der Waals surface area contributed by atoms with Gasteiger partial charge in [0.25, 0.3) is 0 Å². The van der Waals surface area contributed by atoms with Gasteiger partial charge in [0.2, 0.25) is 5.91 Å². The second-order valence-corrected chi connectivity index (χ2v) is 7.55. The van der Waals surface area contributed by atoms with Crippen LogP contribution >= 0.6 is 0 Å². The number of nitrogens with zero attached hydrogens (tertiary/aromatic N) is 5. The van der Waals surface area contributed by atoms with Gasteiger partial charge in [0.15, 0.2) is 5.82 Å². The lowest BCUT2D eigenvalue weighted by atomic mass is 10.1. The van der Waals surface area contributed by atoms with Gasteiger partial charge in [-0.2, -0.15) is 10.2 Å². The van der Waals surface area contributed by atoms with Crippen LogP contribution in [0.4, 0.5) is 5.82 Å². The van der Waals surface area contributed by atoms with E-state index >= 15 is 0 Å². The molecule has 154 valence electrons. The number of carbonyl (C=O) groups excluding carboxylic acids is 1. The molecule has 0 fully saturated rings. The third-order valence-electron chi connectivity index (χ3n) is 5.14. The number of H-pyrrole nitrogens is 1. The van der Waals surface area contributed by atoms with Crippen molar-refractivity contribution in [3.63, 3.8) is 0 Å². The van der Waals surface area contributed by atoms with Gasteiger partial charge < -0.3 is 5.32 Å². The number of amides is 1. The van der Waals surface area contributed by atoms with Crippen LogP contribution in [-0.4, -0.2) is 35.4 Å². The van der Waals surface area contributed by atoms with E-state index in [1.54, 1.807) is 10.7 Å². The van der Waals surface area contributed by atoms with Gasteiger partial charge in [-0.25, -0.2) is 4.98 Å². The van der Waals surface area contributed by atoms with Crippen LogP contribution in [0.5, 0.6) is 0 Å². The van der Waals surface area contributed by atoms with Crippen LogP contribution < -0.4 is 5.32 Å². The fourth-order valence-corrected chi connectivity index (χ4v) is 3.60. The number of carbonyl (C=O) groups is 1. The lowest BCUT2D eigenvalue weighted by Gasteiger charge is -2.07. The van der Waals surface area contributed by atoms with E-state index in [-0.39, 0.29) is 12.3 Å². The number of hydrogen-bond donors (Lipinski definition) is 2. The monoisotopic (exact) mass is 411 g/mol. The van der Waals surface area contributed by atoms with E-state index < -0.39 is 0 Å². The predicted molar refractivity (Wildman–Crippen MR) is 119 cm³/mol. The largest absolute Gasteiger partial charge is 0.309 e. The molecule has 1 amide bonds. The highest BCUT2D eigenvalue weighted by atomic mass is 16.1. The summed E-state index contributed by atoms with van der Waals surface area (Å²) in [6.07, 6.45) is 5.94. The summed E-state index contributed by atoms with van der Waals surface area (Å²) in [6.45, 7) is 1.89. The first-order valence-corrected chi connectivity index (χ1v) is 9.92. The molecule has 0 aliphatic heterocycles. The van der Waals surface area contributed by atoms with Crippen LogP contribution in [0.2, 0.25) is 0 Å². The molecule has 2 N–H and O–H groups in total. The summed E-state index contributed by atoms with van der Waals surface area (Å²) in [5.74, 6) is 0.435. The van der Waals surface area contributed by atoms with Crippen LogP contribution in [0.15, 0.2) is 67.3 Å². The molecule has 8 nitrogen and oxygen atoms in total. The van der Waals surface area contributed by atoms with E-state index in [1.807, 2.05) is 61.5 Å². The van der Waals surface area contributed by atoms with Crippen LogP contribution in [0.3, 0.4) is 0 Å². The van der Waals surface area contributed by atoms with E-state index in [4.69, 9.17) is 0 Å². The summed E-state index contributed by atoms with van der Waals surface area (Å²) in [6, 6.07) is 15.9. The normalized spacial score (nSPS) is 11.2. The molecular formula is C23H21N7O. The first-order chi connectivity index (χ1) is 15.0. The van der Waals surface area contributed by atoms with Crippen LogP contribution in [0.1, 0.15) is 11.3 Å². The van der Waals surface area contributed by atoms with Gasteiger partial charge in [-0.15, -0.1) is 0 Å². The molecule has 0 unspecified atom stereocenters. The fraction of sp³-hybridized carbons (Fsp3) is 0.130. The van der Waals surface area contributed by atoms with Crippen molar-refractivity contribution in [2.24, 2.45) is 7.05 Å². The molecule has 8 heteroatoms. The number of fused-ring (bicyclic) bond motifs is 1. The fourth-order valence-electron chi connectivity index (χ4n) is 3.60. The number of hydrogen-bond acceptors (Lipinski definition) is 4. The van der Waals surface area contributed by atoms with E-state index in [0.717, 1.165) is 39.1 Å². The summed E-state index contributed by atoms with van der Waals surface area (Å²) in [5.41, 5.74) is 6.90. The number of aryl methyl sites for hydroxylation is 2. The zero-order chi connectivity index (χ0) is 21.4. The van der Waals surface area contributed by atoms with Crippen molar-refractivity contribution < 1.29 is 4.79 Å². The van der Waals surface area contributed by atoms with E-state index in [1.165, 1.54) is 0 Å². The van der Waals surface area contributed by atoms with E-state index in [9.17, 15) is 4.79 Å². The molecule has 5 rings (SSSR count).